The van der Waals surface area contributed by atoms with Crippen molar-refractivity contribution in [3.8, 4) is 5.75 Å². The van der Waals surface area contributed by atoms with Crippen molar-refractivity contribution in [3.63, 3.8) is 0 Å². The van der Waals surface area contributed by atoms with Gasteiger partial charge in [-0.05, 0) is 48.5 Å². The average Bonchev–Trinajstić information content (AvgIpc) is 2.54. The largest absolute Gasteiger partial charge is 0.492 e. The van der Waals surface area contributed by atoms with Crippen LogP contribution in [0.2, 0.25) is 0 Å². The number of thioether (sulfide) groups is 1. The summed E-state index contributed by atoms with van der Waals surface area (Å²) in [6.45, 7) is 5.24. The fourth-order valence-corrected chi connectivity index (χ4v) is 2.81. The molecule has 24 heavy (non-hydrogen) atoms. The van der Waals surface area contributed by atoms with E-state index in [0.29, 0.717) is 24.0 Å². The van der Waals surface area contributed by atoms with Gasteiger partial charge in [0.25, 0.3) is 5.91 Å². The summed E-state index contributed by atoms with van der Waals surface area (Å²) in [6.07, 6.45) is 0. The first-order valence-electron chi connectivity index (χ1n) is 7.59. The normalized spacial score (nSPS) is 10.2. The Balaban J connectivity index is 0.00000288. The van der Waals surface area contributed by atoms with Crippen molar-refractivity contribution >= 4 is 35.8 Å². The summed E-state index contributed by atoms with van der Waals surface area (Å²) in [5, 5.41) is 3.40. The molecule has 0 aliphatic rings. The Morgan fingerprint density at radius 3 is 2.29 bits per heavy atom. The summed E-state index contributed by atoms with van der Waals surface area (Å²) in [6, 6.07) is 14.9. The van der Waals surface area contributed by atoms with Crippen LogP contribution >= 0.6 is 24.2 Å². The number of hydrogen-bond donors (Lipinski definition) is 2. The third-order valence-electron chi connectivity index (χ3n) is 2.99. The fourth-order valence-electron chi connectivity index (χ4n) is 1.97. The van der Waals surface area contributed by atoms with E-state index in [4.69, 9.17) is 10.5 Å². The number of anilines is 1. The number of halogens is 1. The van der Waals surface area contributed by atoms with Crippen LogP contribution in [0.25, 0.3) is 0 Å². The number of carbonyl (C=O) groups is 1. The molecule has 0 unspecified atom stereocenters. The molecule has 2 rings (SSSR count). The van der Waals surface area contributed by atoms with Crippen LogP contribution in [0.4, 0.5) is 5.69 Å². The molecular weight excluding hydrogens is 344 g/mol. The second-order valence-electron chi connectivity index (χ2n) is 5.31. The van der Waals surface area contributed by atoms with Crippen molar-refractivity contribution in [2.75, 3.05) is 18.5 Å². The van der Waals surface area contributed by atoms with E-state index in [9.17, 15) is 4.79 Å². The van der Waals surface area contributed by atoms with Crippen LogP contribution in [-0.2, 0) is 0 Å². The topological polar surface area (TPSA) is 64.3 Å². The molecule has 0 bridgehead atoms. The van der Waals surface area contributed by atoms with E-state index in [1.165, 1.54) is 0 Å². The smallest absolute Gasteiger partial charge is 0.255 e. The van der Waals surface area contributed by atoms with Crippen molar-refractivity contribution < 1.29 is 9.53 Å². The van der Waals surface area contributed by atoms with Crippen LogP contribution in [0, 0.1) is 0 Å². The van der Waals surface area contributed by atoms with Gasteiger partial charge in [0.1, 0.15) is 12.4 Å². The molecular formula is C18H23ClN2O2S. The maximum Gasteiger partial charge on any atom is 0.255 e. The molecule has 0 spiro atoms. The second kappa shape index (κ2) is 10.2. The highest BCUT2D eigenvalue weighted by Crippen LogP contribution is 2.23. The number of nitrogens with two attached hydrogens (primary N) is 1. The zero-order chi connectivity index (χ0) is 16.7. The Kier molecular flexibility index (Phi) is 8.68. The summed E-state index contributed by atoms with van der Waals surface area (Å²) >= 11 is 1.78. The third kappa shape index (κ3) is 6.43. The van der Waals surface area contributed by atoms with Gasteiger partial charge in [-0.25, -0.2) is 0 Å². The lowest BCUT2D eigenvalue weighted by Gasteiger charge is -2.09. The molecule has 4 nitrogen and oxygen atoms in total. The monoisotopic (exact) mass is 366 g/mol. The Bertz CT molecular complexity index is 630. The lowest BCUT2D eigenvalue weighted by Crippen LogP contribution is -2.12. The van der Waals surface area contributed by atoms with Crippen molar-refractivity contribution in [2.45, 2.75) is 24.0 Å². The zero-order valence-electron chi connectivity index (χ0n) is 13.8. The van der Waals surface area contributed by atoms with Crippen molar-refractivity contribution in [2.24, 2.45) is 5.73 Å². The molecule has 0 atom stereocenters. The summed E-state index contributed by atoms with van der Waals surface area (Å²) in [7, 11) is 0. The highest BCUT2D eigenvalue weighted by molar-refractivity contribution is 7.99. The average molecular weight is 367 g/mol. The molecule has 2 aromatic rings. The molecule has 0 saturated heterocycles. The van der Waals surface area contributed by atoms with E-state index < -0.39 is 0 Å². The molecule has 2 aromatic carbocycles. The molecule has 0 radical (unpaired) electrons. The van der Waals surface area contributed by atoms with Crippen molar-refractivity contribution in [1.29, 1.82) is 0 Å². The molecule has 0 aliphatic heterocycles. The van der Waals surface area contributed by atoms with E-state index in [1.54, 1.807) is 11.8 Å². The molecule has 0 saturated carbocycles. The van der Waals surface area contributed by atoms with Gasteiger partial charge in [-0.3, -0.25) is 4.79 Å². The summed E-state index contributed by atoms with van der Waals surface area (Å²) in [5.74, 6) is 0.616. The number of benzene rings is 2. The predicted octanol–water partition coefficient (Wildman–Crippen LogP) is 4.20. The highest BCUT2D eigenvalue weighted by atomic mass is 35.5. The van der Waals surface area contributed by atoms with Crippen LogP contribution in [0.1, 0.15) is 24.2 Å². The van der Waals surface area contributed by atoms with Gasteiger partial charge < -0.3 is 15.8 Å². The lowest BCUT2D eigenvalue weighted by atomic mass is 10.2. The predicted molar refractivity (Wildman–Crippen MR) is 104 cm³/mol. The van der Waals surface area contributed by atoms with Gasteiger partial charge in [0.15, 0.2) is 0 Å². The molecule has 0 aliphatic carbocycles. The molecule has 0 heterocycles. The van der Waals surface area contributed by atoms with E-state index in [-0.39, 0.29) is 18.3 Å². The number of rotatable bonds is 7. The molecule has 130 valence electrons. The highest BCUT2D eigenvalue weighted by Gasteiger charge is 2.07. The van der Waals surface area contributed by atoms with Gasteiger partial charge in [-0.15, -0.1) is 24.2 Å². The first-order valence-corrected chi connectivity index (χ1v) is 8.47. The second-order valence-corrected chi connectivity index (χ2v) is 6.96. The van der Waals surface area contributed by atoms with Crippen LogP contribution < -0.4 is 15.8 Å². The van der Waals surface area contributed by atoms with E-state index in [0.717, 1.165) is 16.3 Å². The standard InChI is InChI=1S/C18H22N2O2S.ClH/c1-13(2)23-17-9-3-14(4-10-17)18(21)20-15-5-7-16(8-6-15)22-12-11-19;/h3-10,13H,11-12,19H2,1-2H3,(H,20,21);1H. The first-order chi connectivity index (χ1) is 11.1. The van der Waals surface area contributed by atoms with Gasteiger partial charge in [-0.1, -0.05) is 13.8 Å². The number of carbonyl (C=O) groups excluding carboxylic acids is 1. The first kappa shape index (κ1) is 20.4. The molecule has 3 N–H and O–H groups in total. The van der Waals surface area contributed by atoms with E-state index in [2.05, 4.69) is 19.2 Å². The maximum atomic E-state index is 12.2. The van der Waals surface area contributed by atoms with E-state index in [1.807, 2.05) is 48.5 Å². The number of amides is 1. The Morgan fingerprint density at radius 2 is 1.75 bits per heavy atom. The number of nitrogens with one attached hydrogen (secondary N) is 1. The van der Waals surface area contributed by atoms with Crippen LogP contribution in [0.3, 0.4) is 0 Å². The minimum Gasteiger partial charge on any atom is -0.492 e. The lowest BCUT2D eigenvalue weighted by molar-refractivity contribution is 0.102. The Morgan fingerprint density at radius 1 is 1.12 bits per heavy atom. The third-order valence-corrected chi connectivity index (χ3v) is 4.00. The van der Waals surface area contributed by atoms with Crippen molar-refractivity contribution in [3.05, 3.63) is 54.1 Å². The van der Waals surface area contributed by atoms with Crippen LogP contribution in [0.5, 0.6) is 5.75 Å². The van der Waals surface area contributed by atoms with Crippen LogP contribution in [-0.4, -0.2) is 24.3 Å². The molecule has 0 fully saturated rings. The van der Waals surface area contributed by atoms with Crippen LogP contribution in [0.15, 0.2) is 53.4 Å². The SMILES string of the molecule is CC(C)Sc1ccc(C(=O)Nc2ccc(OCCN)cc2)cc1.Cl. The Labute approximate surface area is 153 Å². The Hall–Kier alpha value is -1.69. The van der Waals surface area contributed by atoms with Crippen molar-refractivity contribution in [1.82, 2.24) is 0 Å². The minimum atomic E-state index is -0.123. The van der Waals surface area contributed by atoms with Gasteiger partial charge in [-0.2, -0.15) is 0 Å². The summed E-state index contributed by atoms with van der Waals surface area (Å²) in [4.78, 5) is 13.4. The number of ether oxygens (including phenoxy) is 1. The molecule has 6 heteroatoms. The number of hydrogen-bond acceptors (Lipinski definition) is 4. The van der Waals surface area contributed by atoms with Gasteiger partial charge in [0.2, 0.25) is 0 Å². The van der Waals surface area contributed by atoms with Gasteiger partial charge in [0.05, 0.1) is 0 Å². The van der Waals surface area contributed by atoms with E-state index >= 15 is 0 Å². The quantitative estimate of drug-likeness (QED) is 0.721. The van der Waals surface area contributed by atoms with Gasteiger partial charge in [0, 0.05) is 27.9 Å². The minimum absolute atomic E-state index is 0. The summed E-state index contributed by atoms with van der Waals surface area (Å²) < 4.78 is 5.40. The zero-order valence-corrected chi connectivity index (χ0v) is 15.5. The molecule has 1 amide bonds. The maximum absolute atomic E-state index is 12.2. The fraction of sp³-hybridized carbons (Fsp3) is 0.278. The summed E-state index contributed by atoms with van der Waals surface area (Å²) in [5.41, 5.74) is 6.76. The van der Waals surface area contributed by atoms with Gasteiger partial charge >= 0.3 is 0 Å². The molecule has 0 aromatic heterocycles.